The lowest BCUT2D eigenvalue weighted by Crippen LogP contribution is -2.35. The van der Waals surface area contributed by atoms with Gasteiger partial charge in [0.25, 0.3) is 0 Å². The van der Waals surface area contributed by atoms with Crippen LogP contribution >= 0.6 is 23.1 Å². The van der Waals surface area contributed by atoms with E-state index < -0.39 is 10.0 Å². The van der Waals surface area contributed by atoms with Gasteiger partial charge in [-0.05, 0) is 62.1 Å². The molecule has 1 N–H and O–H groups in total. The number of thiazole rings is 1. The molecule has 1 fully saturated rings. The number of fused-ring (bicyclic) bond motifs is 2. The van der Waals surface area contributed by atoms with Crippen LogP contribution < -0.4 is 9.62 Å². The molecule has 1 aliphatic carbocycles. The van der Waals surface area contributed by atoms with Gasteiger partial charge in [0.1, 0.15) is 0 Å². The number of carbonyl (C=O) groups excluding carboxylic acids is 1. The highest BCUT2D eigenvalue weighted by molar-refractivity contribution is 8.02. The van der Waals surface area contributed by atoms with Gasteiger partial charge < -0.3 is 4.90 Å². The zero-order chi connectivity index (χ0) is 22.3. The number of para-hydroxylation sites is 1. The number of hydrogen-bond acceptors (Lipinski definition) is 6. The molecule has 6 nitrogen and oxygen atoms in total. The van der Waals surface area contributed by atoms with Crippen LogP contribution in [0.15, 0.2) is 51.7 Å². The summed E-state index contributed by atoms with van der Waals surface area (Å²) in [5.74, 6) is 0.0210. The van der Waals surface area contributed by atoms with Crippen LogP contribution in [-0.2, 0) is 21.2 Å². The van der Waals surface area contributed by atoms with Crippen molar-refractivity contribution in [1.82, 2.24) is 9.71 Å². The molecule has 0 radical (unpaired) electrons. The van der Waals surface area contributed by atoms with E-state index in [0.717, 1.165) is 51.5 Å². The summed E-state index contributed by atoms with van der Waals surface area (Å²) in [4.78, 5) is 19.9. The summed E-state index contributed by atoms with van der Waals surface area (Å²) in [5, 5.41) is -0.283. The fourth-order valence-corrected chi connectivity index (χ4v) is 8.06. The van der Waals surface area contributed by atoms with Crippen LogP contribution in [0.1, 0.15) is 38.2 Å². The molecule has 9 heteroatoms. The van der Waals surface area contributed by atoms with Crippen LogP contribution in [-0.4, -0.2) is 37.1 Å². The Morgan fingerprint density at radius 2 is 2.00 bits per heavy atom. The van der Waals surface area contributed by atoms with E-state index in [1.807, 2.05) is 31.2 Å². The molecule has 2 aromatic carbocycles. The third-order valence-electron chi connectivity index (χ3n) is 6.10. The van der Waals surface area contributed by atoms with E-state index in [0.29, 0.717) is 13.0 Å². The van der Waals surface area contributed by atoms with Crippen molar-refractivity contribution in [2.45, 2.75) is 59.6 Å². The molecule has 1 saturated carbocycles. The molecule has 1 aliphatic heterocycles. The van der Waals surface area contributed by atoms with E-state index in [-0.39, 0.29) is 22.1 Å². The monoisotopic (exact) mass is 487 g/mol. The number of rotatable bonds is 6. The second-order valence-electron chi connectivity index (χ2n) is 8.34. The second kappa shape index (κ2) is 8.78. The molecule has 0 saturated heterocycles. The number of anilines is 1. The first-order chi connectivity index (χ1) is 15.4. The van der Waals surface area contributed by atoms with Crippen molar-refractivity contribution >= 4 is 54.9 Å². The molecule has 0 spiro atoms. The molecule has 1 aromatic heterocycles. The lowest BCUT2D eigenvalue weighted by atomic mass is 10.2. The Morgan fingerprint density at radius 3 is 2.78 bits per heavy atom. The average Bonchev–Trinajstić information content (AvgIpc) is 3.51. The van der Waals surface area contributed by atoms with Crippen LogP contribution in [0, 0.1) is 0 Å². The predicted octanol–water partition coefficient (Wildman–Crippen LogP) is 4.59. The summed E-state index contributed by atoms with van der Waals surface area (Å²) in [6.07, 6.45) is 4.60. The average molecular weight is 488 g/mol. The number of thioether (sulfide) groups is 1. The molecule has 1 amide bonds. The summed E-state index contributed by atoms with van der Waals surface area (Å²) in [5.41, 5.74) is 2.67. The highest BCUT2D eigenvalue weighted by Crippen LogP contribution is 2.36. The van der Waals surface area contributed by atoms with E-state index in [2.05, 4.69) is 9.71 Å². The zero-order valence-corrected chi connectivity index (χ0v) is 20.2. The maximum Gasteiger partial charge on any atom is 0.240 e. The Balaban J connectivity index is 1.30. The minimum absolute atomic E-state index is 0.0210. The van der Waals surface area contributed by atoms with Crippen molar-refractivity contribution in [2.24, 2.45) is 0 Å². The minimum atomic E-state index is -3.54. The molecule has 5 rings (SSSR count). The number of amides is 1. The Kier molecular flexibility index (Phi) is 6.00. The fourth-order valence-electron chi connectivity index (χ4n) is 4.43. The van der Waals surface area contributed by atoms with Gasteiger partial charge in [0, 0.05) is 18.3 Å². The molecule has 32 heavy (non-hydrogen) atoms. The Labute approximate surface area is 196 Å². The molecule has 2 heterocycles. The molecule has 1 unspecified atom stereocenters. The summed E-state index contributed by atoms with van der Waals surface area (Å²) < 4.78 is 30.4. The van der Waals surface area contributed by atoms with E-state index in [4.69, 9.17) is 0 Å². The Hall–Kier alpha value is -1.94. The topological polar surface area (TPSA) is 79.4 Å². The number of nitrogens with zero attached hydrogens (tertiary/aromatic N) is 2. The summed E-state index contributed by atoms with van der Waals surface area (Å²) in [7, 11) is -3.54. The number of aromatic nitrogens is 1. The predicted molar refractivity (Wildman–Crippen MR) is 130 cm³/mol. The summed E-state index contributed by atoms with van der Waals surface area (Å²) >= 11 is 3.07. The van der Waals surface area contributed by atoms with Gasteiger partial charge in [-0.2, -0.15) is 0 Å². The lowest BCUT2D eigenvalue weighted by molar-refractivity contribution is -0.117. The molecule has 1 atom stereocenters. The maximum absolute atomic E-state index is 13.2. The van der Waals surface area contributed by atoms with Crippen LogP contribution in [0.25, 0.3) is 10.2 Å². The molecular weight excluding hydrogens is 462 g/mol. The zero-order valence-electron chi connectivity index (χ0n) is 17.8. The largest absolute Gasteiger partial charge is 0.311 e. The lowest BCUT2D eigenvalue weighted by Gasteiger charge is -2.21. The first-order valence-corrected chi connectivity index (χ1v) is 14.1. The minimum Gasteiger partial charge on any atom is -0.311 e. The van der Waals surface area contributed by atoms with Crippen LogP contribution in [0.2, 0.25) is 0 Å². The standard InChI is InChI=1S/C23H25N3O3S3/c1-15(30-23-24-19-8-4-5-9-21(19)31-23)22(27)26-13-12-16-14-18(10-11-20(16)26)32(28,29)25-17-6-2-3-7-17/h4-5,8-11,14-15,17,25H,2-3,6-7,12-13H2,1H3. The van der Waals surface area contributed by atoms with Gasteiger partial charge >= 0.3 is 0 Å². The molecule has 168 valence electrons. The van der Waals surface area contributed by atoms with E-state index >= 15 is 0 Å². The van der Waals surface area contributed by atoms with Gasteiger partial charge in [0.05, 0.1) is 20.4 Å². The van der Waals surface area contributed by atoms with Crippen molar-refractivity contribution in [3.05, 3.63) is 48.0 Å². The number of sulfonamides is 1. The van der Waals surface area contributed by atoms with Gasteiger partial charge in [0.15, 0.2) is 4.34 Å². The van der Waals surface area contributed by atoms with E-state index in [1.54, 1.807) is 34.4 Å². The van der Waals surface area contributed by atoms with Gasteiger partial charge in [-0.25, -0.2) is 18.1 Å². The summed E-state index contributed by atoms with van der Waals surface area (Å²) in [6, 6.07) is 13.1. The fraction of sp³-hybridized carbons (Fsp3) is 0.391. The third kappa shape index (κ3) is 4.31. The van der Waals surface area contributed by atoms with Gasteiger partial charge in [-0.1, -0.05) is 36.7 Å². The van der Waals surface area contributed by atoms with E-state index in [9.17, 15) is 13.2 Å². The van der Waals surface area contributed by atoms with Crippen molar-refractivity contribution in [3.8, 4) is 0 Å². The van der Waals surface area contributed by atoms with Crippen LogP contribution in [0.5, 0.6) is 0 Å². The van der Waals surface area contributed by atoms with Crippen molar-refractivity contribution in [2.75, 3.05) is 11.4 Å². The van der Waals surface area contributed by atoms with Crippen molar-refractivity contribution < 1.29 is 13.2 Å². The van der Waals surface area contributed by atoms with Crippen LogP contribution in [0.4, 0.5) is 5.69 Å². The van der Waals surface area contributed by atoms with Gasteiger partial charge in [0.2, 0.25) is 15.9 Å². The van der Waals surface area contributed by atoms with Gasteiger partial charge in [-0.15, -0.1) is 11.3 Å². The SMILES string of the molecule is CC(Sc1nc2ccccc2s1)C(=O)N1CCc2cc(S(=O)(=O)NC3CCCC3)ccc21. The van der Waals surface area contributed by atoms with Crippen molar-refractivity contribution in [1.29, 1.82) is 0 Å². The first kappa shape index (κ1) is 21.9. The molecule has 3 aromatic rings. The van der Waals surface area contributed by atoms with Crippen LogP contribution in [0.3, 0.4) is 0 Å². The Morgan fingerprint density at radius 1 is 1.22 bits per heavy atom. The Bertz CT molecular complexity index is 1230. The third-order valence-corrected chi connectivity index (χ3v) is 9.84. The highest BCUT2D eigenvalue weighted by atomic mass is 32.2. The van der Waals surface area contributed by atoms with Gasteiger partial charge in [-0.3, -0.25) is 4.79 Å². The first-order valence-electron chi connectivity index (χ1n) is 10.9. The maximum atomic E-state index is 13.2. The summed E-state index contributed by atoms with van der Waals surface area (Å²) in [6.45, 7) is 2.47. The number of carbonyl (C=O) groups is 1. The molecular formula is C23H25N3O3S3. The van der Waals surface area contributed by atoms with E-state index in [1.165, 1.54) is 11.8 Å². The normalized spacial score (nSPS) is 17.7. The number of benzene rings is 2. The quantitative estimate of drug-likeness (QED) is 0.515. The smallest absolute Gasteiger partial charge is 0.240 e. The van der Waals surface area contributed by atoms with Crippen molar-refractivity contribution in [3.63, 3.8) is 0 Å². The second-order valence-corrected chi connectivity index (χ2v) is 12.7. The highest BCUT2D eigenvalue weighted by Gasteiger charge is 2.31. The molecule has 2 aliphatic rings. The number of nitrogens with one attached hydrogen (secondary N) is 1. The molecule has 0 bridgehead atoms. The number of hydrogen-bond donors (Lipinski definition) is 1.